The first-order chi connectivity index (χ1) is 16.5. The van der Waals surface area contributed by atoms with E-state index in [0.29, 0.717) is 42.5 Å². The second kappa shape index (κ2) is 11.4. The van der Waals surface area contributed by atoms with Crippen molar-refractivity contribution in [1.82, 2.24) is 25.7 Å². The fourth-order valence-electron chi connectivity index (χ4n) is 3.42. The van der Waals surface area contributed by atoms with Crippen LogP contribution >= 0.6 is 23.2 Å². The quantitative estimate of drug-likeness (QED) is 0.395. The molecule has 15 heteroatoms. The van der Waals surface area contributed by atoms with Gasteiger partial charge in [0.25, 0.3) is 11.8 Å². The summed E-state index contributed by atoms with van der Waals surface area (Å²) in [5.74, 6) is -0.746. The van der Waals surface area contributed by atoms with E-state index < -0.39 is 15.7 Å². The van der Waals surface area contributed by atoms with Crippen LogP contribution in [0.3, 0.4) is 0 Å². The molecule has 1 aliphatic heterocycles. The van der Waals surface area contributed by atoms with Crippen molar-refractivity contribution in [2.75, 3.05) is 43.7 Å². The van der Waals surface area contributed by atoms with Crippen LogP contribution in [0.25, 0.3) is 0 Å². The fourth-order valence-corrected chi connectivity index (χ4v) is 4.23. The molecule has 0 unspecified atom stereocenters. The van der Waals surface area contributed by atoms with Crippen LogP contribution in [0.4, 0.5) is 5.82 Å². The SMILES string of the molecule is CONC(=O)c1cc(N2CCC(NC(=O)c3[nH]c(C)c(Cl)c3Cl)CC2)nc(OCCS(C)(=O)=O)n1. The minimum Gasteiger partial charge on any atom is -0.462 e. The molecule has 3 rings (SSSR count). The van der Waals surface area contributed by atoms with Crippen molar-refractivity contribution >= 4 is 50.7 Å². The van der Waals surface area contributed by atoms with Crippen LogP contribution in [0.5, 0.6) is 6.01 Å². The number of aryl methyl sites for hydroxylation is 1. The molecule has 1 fully saturated rings. The molecule has 1 aliphatic rings. The third-order valence-electron chi connectivity index (χ3n) is 5.24. The van der Waals surface area contributed by atoms with E-state index in [1.54, 1.807) is 6.92 Å². The van der Waals surface area contributed by atoms with Crippen molar-refractivity contribution in [3.8, 4) is 6.01 Å². The van der Waals surface area contributed by atoms with Gasteiger partial charge in [0.1, 0.15) is 23.8 Å². The number of nitrogens with zero attached hydrogens (tertiary/aromatic N) is 3. The molecule has 0 radical (unpaired) electrons. The number of hydroxylamine groups is 1. The predicted molar refractivity (Wildman–Crippen MR) is 130 cm³/mol. The first-order valence-corrected chi connectivity index (χ1v) is 13.4. The smallest absolute Gasteiger partial charge is 0.319 e. The van der Waals surface area contributed by atoms with Crippen molar-refractivity contribution < 1.29 is 27.6 Å². The van der Waals surface area contributed by atoms with Gasteiger partial charge in [0.15, 0.2) is 9.84 Å². The number of H-pyrrole nitrogens is 1. The lowest BCUT2D eigenvalue weighted by molar-refractivity contribution is 0.0531. The molecular formula is C20H26Cl2N6O6S. The monoisotopic (exact) mass is 548 g/mol. The van der Waals surface area contributed by atoms with Gasteiger partial charge in [-0.1, -0.05) is 23.2 Å². The fraction of sp³-hybridized carbons (Fsp3) is 0.500. The van der Waals surface area contributed by atoms with Crippen molar-refractivity contribution in [3.63, 3.8) is 0 Å². The number of piperidine rings is 1. The molecule has 0 aliphatic carbocycles. The molecule has 0 spiro atoms. The largest absolute Gasteiger partial charge is 0.462 e. The Kier molecular flexibility index (Phi) is 8.80. The van der Waals surface area contributed by atoms with Gasteiger partial charge in [0, 0.05) is 37.1 Å². The summed E-state index contributed by atoms with van der Waals surface area (Å²) in [6.07, 6.45) is 2.29. The Morgan fingerprint density at radius 1 is 1.20 bits per heavy atom. The molecule has 3 heterocycles. The van der Waals surface area contributed by atoms with Crippen LogP contribution in [-0.4, -0.2) is 80.0 Å². The number of aromatic amines is 1. The van der Waals surface area contributed by atoms with Gasteiger partial charge < -0.3 is 19.9 Å². The Bertz CT molecular complexity index is 1200. The molecule has 2 aromatic heterocycles. The van der Waals surface area contributed by atoms with E-state index in [0.717, 1.165) is 6.26 Å². The second-order valence-corrected chi connectivity index (χ2v) is 11.0. The van der Waals surface area contributed by atoms with E-state index in [4.69, 9.17) is 27.9 Å². The highest BCUT2D eigenvalue weighted by Gasteiger charge is 2.26. The molecule has 0 atom stereocenters. The number of sulfone groups is 1. The maximum Gasteiger partial charge on any atom is 0.319 e. The van der Waals surface area contributed by atoms with Crippen molar-refractivity contribution in [3.05, 3.63) is 33.2 Å². The Labute approximate surface area is 212 Å². The van der Waals surface area contributed by atoms with Crippen molar-refractivity contribution in [2.24, 2.45) is 0 Å². The minimum atomic E-state index is -3.24. The summed E-state index contributed by atoms with van der Waals surface area (Å²) in [5.41, 5.74) is 3.01. The topological polar surface area (TPSA) is 156 Å². The first-order valence-electron chi connectivity index (χ1n) is 10.6. The highest BCUT2D eigenvalue weighted by atomic mass is 35.5. The number of rotatable bonds is 9. The van der Waals surface area contributed by atoms with Crippen LogP contribution in [0, 0.1) is 6.92 Å². The van der Waals surface area contributed by atoms with Gasteiger partial charge in [-0.15, -0.1) is 0 Å². The van der Waals surface area contributed by atoms with Crippen LogP contribution in [0.2, 0.25) is 10.0 Å². The zero-order valence-corrected chi connectivity index (χ0v) is 21.7. The number of amides is 2. The highest BCUT2D eigenvalue weighted by molar-refractivity contribution is 7.90. The highest BCUT2D eigenvalue weighted by Crippen LogP contribution is 2.29. The molecule has 0 aromatic carbocycles. The third-order valence-corrected chi connectivity index (χ3v) is 7.10. The van der Waals surface area contributed by atoms with E-state index in [1.165, 1.54) is 13.2 Å². The van der Waals surface area contributed by atoms with E-state index >= 15 is 0 Å². The van der Waals surface area contributed by atoms with Gasteiger partial charge in [-0.2, -0.15) is 9.97 Å². The Hall–Kier alpha value is -2.61. The van der Waals surface area contributed by atoms with Gasteiger partial charge in [-0.3, -0.25) is 14.4 Å². The summed E-state index contributed by atoms with van der Waals surface area (Å²) in [7, 11) is -1.95. The van der Waals surface area contributed by atoms with Crippen LogP contribution in [0.1, 0.15) is 39.5 Å². The Balaban J connectivity index is 1.68. The molecular weight excluding hydrogens is 523 g/mol. The maximum atomic E-state index is 12.6. The summed E-state index contributed by atoms with van der Waals surface area (Å²) in [6, 6.07) is 1.25. The number of hydrogen-bond acceptors (Lipinski definition) is 9. The zero-order chi connectivity index (χ0) is 25.8. The molecule has 192 valence electrons. The molecule has 3 N–H and O–H groups in total. The molecule has 0 saturated carbocycles. The lowest BCUT2D eigenvalue weighted by atomic mass is 10.0. The summed E-state index contributed by atoms with van der Waals surface area (Å²) in [5, 5.41) is 3.46. The van der Waals surface area contributed by atoms with E-state index in [2.05, 4.69) is 30.6 Å². The Morgan fingerprint density at radius 3 is 2.46 bits per heavy atom. The molecule has 1 saturated heterocycles. The molecule has 35 heavy (non-hydrogen) atoms. The van der Waals surface area contributed by atoms with E-state index in [-0.39, 0.29) is 46.7 Å². The second-order valence-electron chi connectivity index (χ2n) is 8.00. The molecule has 0 bridgehead atoms. The maximum absolute atomic E-state index is 12.6. The van der Waals surface area contributed by atoms with Crippen LogP contribution < -0.4 is 20.4 Å². The lowest BCUT2D eigenvalue weighted by Gasteiger charge is -2.33. The third kappa shape index (κ3) is 7.19. The molecule has 2 aromatic rings. The minimum absolute atomic E-state index is 0.00438. The summed E-state index contributed by atoms with van der Waals surface area (Å²) >= 11 is 12.2. The van der Waals surface area contributed by atoms with Gasteiger partial charge in [-0.05, 0) is 19.8 Å². The van der Waals surface area contributed by atoms with Gasteiger partial charge in [0.05, 0.1) is 22.9 Å². The van der Waals surface area contributed by atoms with Crippen LogP contribution in [0.15, 0.2) is 6.07 Å². The van der Waals surface area contributed by atoms with Crippen LogP contribution in [-0.2, 0) is 14.7 Å². The number of nitrogens with one attached hydrogen (secondary N) is 3. The normalized spacial score (nSPS) is 14.6. The predicted octanol–water partition coefficient (Wildman–Crippen LogP) is 1.53. The summed E-state index contributed by atoms with van der Waals surface area (Å²) in [4.78, 5) is 42.7. The number of hydrogen-bond donors (Lipinski definition) is 3. The number of anilines is 1. The standard InChI is InChI=1S/C20H26Cl2N6O6S/c1-11-15(21)16(22)17(23-11)19(30)24-12-4-6-28(7-5-12)14-10-13(18(29)27-33-2)25-20(26-14)34-8-9-35(3,31)32/h10,12,23H,4-9H2,1-3H3,(H,24,30)(H,27,29). The first kappa shape index (κ1) is 27.0. The van der Waals surface area contributed by atoms with Gasteiger partial charge >= 0.3 is 6.01 Å². The number of carbonyl (C=O) groups excluding carboxylic acids is 2. The average Bonchev–Trinajstić information content (AvgIpc) is 3.06. The number of carbonyl (C=O) groups is 2. The van der Waals surface area contributed by atoms with Crippen molar-refractivity contribution in [2.45, 2.75) is 25.8 Å². The summed E-state index contributed by atoms with van der Waals surface area (Å²) < 4.78 is 28.1. The van der Waals surface area contributed by atoms with Gasteiger partial charge in [0.2, 0.25) is 0 Å². The summed E-state index contributed by atoms with van der Waals surface area (Å²) in [6.45, 7) is 2.61. The Morgan fingerprint density at radius 2 is 1.89 bits per heavy atom. The van der Waals surface area contributed by atoms with E-state index in [1.807, 2.05) is 4.90 Å². The average molecular weight is 549 g/mol. The number of aromatic nitrogens is 3. The molecule has 12 nitrogen and oxygen atoms in total. The lowest BCUT2D eigenvalue weighted by Crippen LogP contribution is -2.45. The van der Waals surface area contributed by atoms with E-state index in [9.17, 15) is 18.0 Å². The molecule has 2 amide bonds. The zero-order valence-electron chi connectivity index (χ0n) is 19.4. The van der Waals surface area contributed by atoms with Crippen molar-refractivity contribution in [1.29, 1.82) is 0 Å². The number of ether oxygens (including phenoxy) is 1. The van der Waals surface area contributed by atoms with Gasteiger partial charge in [-0.25, -0.2) is 13.9 Å². The number of halogens is 2.